The zero-order valence-corrected chi connectivity index (χ0v) is 16.4. The van der Waals surface area contributed by atoms with Crippen molar-refractivity contribution in [1.29, 1.82) is 0 Å². The van der Waals surface area contributed by atoms with Gasteiger partial charge in [-0.25, -0.2) is 0 Å². The number of carbonyl (C=O) groups excluding carboxylic acids is 2. The third-order valence-electron chi connectivity index (χ3n) is 4.77. The van der Waals surface area contributed by atoms with Gasteiger partial charge in [-0.3, -0.25) is 19.5 Å². The van der Waals surface area contributed by atoms with Gasteiger partial charge in [-0.15, -0.1) is 0 Å². The van der Waals surface area contributed by atoms with Crippen LogP contribution in [0.2, 0.25) is 0 Å². The average molecular weight is 383 g/mol. The Balaban J connectivity index is 1.54. The van der Waals surface area contributed by atoms with Crippen LogP contribution in [0.4, 0.5) is 0 Å². The number of nitrogens with one attached hydrogen (secondary N) is 2. The molecule has 0 unspecified atom stereocenters. The third-order valence-corrected chi connectivity index (χ3v) is 4.77. The molecule has 0 spiro atoms. The van der Waals surface area contributed by atoms with Crippen molar-refractivity contribution in [2.75, 3.05) is 20.1 Å². The Bertz CT molecular complexity index is 846. The highest BCUT2D eigenvalue weighted by Crippen LogP contribution is 2.21. The van der Waals surface area contributed by atoms with Crippen LogP contribution in [-0.2, 0) is 19.4 Å². The summed E-state index contributed by atoms with van der Waals surface area (Å²) < 4.78 is 5.37. The van der Waals surface area contributed by atoms with Crippen molar-refractivity contribution in [3.05, 3.63) is 52.4 Å². The van der Waals surface area contributed by atoms with E-state index in [-0.39, 0.29) is 18.4 Å². The number of hydrogen-bond acceptors (Lipinski definition) is 5. The number of imide groups is 1. The molecular formula is C20H25N5O3. The number of nitrogens with zero attached hydrogens (tertiary/aromatic N) is 3. The number of rotatable bonds is 7. The number of guanidine groups is 1. The van der Waals surface area contributed by atoms with Crippen molar-refractivity contribution in [3.63, 3.8) is 0 Å². The predicted molar refractivity (Wildman–Crippen MR) is 105 cm³/mol. The monoisotopic (exact) mass is 383 g/mol. The minimum absolute atomic E-state index is 0.255. The maximum atomic E-state index is 12.4. The smallest absolute Gasteiger partial charge is 0.261 e. The molecular weight excluding hydrogens is 358 g/mol. The molecule has 0 bridgehead atoms. The van der Waals surface area contributed by atoms with E-state index in [1.165, 1.54) is 4.90 Å². The van der Waals surface area contributed by atoms with E-state index in [1.54, 1.807) is 31.3 Å². The first kappa shape index (κ1) is 19.6. The summed E-state index contributed by atoms with van der Waals surface area (Å²) in [6, 6.07) is 6.88. The molecule has 0 saturated carbocycles. The summed E-state index contributed by atoms with van der Waals surface area (Å²) in [6.07, 6.45) is 1.57. The molecule has 0 aliphatic carbocycles. The van der Waals surface area contributed by atoms with E-state index in [4.69, 9.17) is 4.52 Å². The lowest BCUT2D eigenvalue weighted by atomic mass is 10.1. The van der Waals surface area contributed by atoms with Gasteiger partial charge in [0.1, 0.15) is 5.76 Å². The van der Waals surface area contributed by atoms with Crippen LogP contribution in [0.15, 0.2) is 33.8 Å². The first-order valence-electron chi connectivity index (χ1n) is 9.46. The number of hydrogen-bond donors (Lipinski definition) is 2. The summed E-state index contributed by atoms with van der Waals surface area (Å²) in [7, 11) is 1.67. The molecule has 8 heteroatoms. The van der Waals surface area contributed by atoms with Crippen molar-refractivity contribution in [2.24, 2.45) is 4.99 Å². The Morgan fingerprint density at radius 1 is 1.11 bits per heavy atom. The molecule has 3 rings (SSSR count). The zero-order chi connectivity index (χ0) is 20.1. The molecule has 1 aromatic heterocycles. The van der Waals surface area contributed by atoms with E-state index >= 15 is 0 Å². The molecule has 148 valence electrons. The number of aryl methyl sites for hydroxylation is 2. The van der Waals surface area contributed by atoms with Crippen molar-refractivity contribution < 1.29 is 14.1 Å². The largest absolute Gasteiger partial charge is 0.361 e. The molecule has 0 fully saturated rings. The molecule has 0 saturated heterocycles. The number of aliphatic imine (C=N–C) groups is 1. The van der Waals surface area contributed by atoms with Crippen molar-refractivity contribution in [2.45, 2.75) is 33.2 Å². The fraction of sp³-hybridized carbons (Fsp3) is 0.400. The van der Waals surface area contributed by atoms with Crippen LogP contribution in [0.1, 0.15) is 51.6 Å². The van der Waals surface area contributed by atoms with E-state index in [2.05, 4.69) is 20.8 Å². The first-order valence-corrected chi connectivity index (χ1v) is 9.46. The van der Waals surface area contributed by atoms with Crippen molar-refractivity contribution >= 4 is 17.8 Å². The Labute approximate surface area is 164 Å². The predicted octanol–water partition coefficient (Wildman–Crippen LogP) is 1.76. The van der Waals surface area contributed by atoms with Gasteiger partial charge in [0.05, 0.1) is 16.8 Å². The summed E-state index contributed by atoms with van der Waals surface area (Å²) >= 11 is 0. The third kappa shape index (κ3) is 3.76. The van der Waals surface area contributed by atoms with E-state index < -0.39 is 0 Å². The molecule has 2 N–H and O–H groups in total. The zero-order valence-electron chi connectivity index (χ0n) is 16.4. The van der Waals surface area contributed by atoms with Crippen molar-refractivity contribution in [3.8, 4) is 0 Å². The highest BCUT2D eigenvalue weighted by molar-refractivity contribution is 6.21. The number of amides is 2. The Morgan fingerprint density at radius 2 is 1.79 bits per heavy atom. The quantitative estimate of drug-likeness (QED) is 0.429. The first-order chi connectivity index (χ1) is 13.6. The number of aromatic nitrogens is 1. The highest BCUT2D eigenvalue weighted by atomic mass is 16.5. The summed E-state index contributed by atoms with van der Waals surface area (Å²) in [6.45, 7) is 5.27. The summed E-state index contributed by atoms with van der Waals surface area (Å²) in [5, 5.41) is 10.5. The van der Waals surface area contributed by atoms with Crippen LogP contribution in [-0.4, -0.2) is 48.0 Å². The van der Waals surface area contributed by atoms with Crippen LogP contribution in [0.5, 0.6) is 0 Å². The standard InChI is InChI=1S/C20H25N5O3/c1-4-16-15(17(5-2)28-24-16)12-23-20(21-3)22-10-11-25-18(26)13-8-6-7-9-14(13)19(25)27/h6-9H,4-5,10-12H2,1-3H3,(H2,21,22,23). The lowest BCUT2D eigenvalue weighted by molar-refractivity contribution is 0.0657. The van der Waals surface area contributed by atoms with Gasteiger partial charge in [-0.2, -0.15) is 0 Å². The molecule has 1 aliphatic heterocycles. The van der Waals surface area contributed by atoms with E-state index in [9.17, 15) is 9.59 Å². The molecule has 2 amide bonds. The molecule has 1 aromatic carbocycles. The van der Waals surface area contributed by atoms with Gasteiger partial charge in [0.2, 0.25) is 0 Å². The number of benzene rings is 1. The van der Waals surface area contributed by atoms with Gasteiger partial charge in [0.15, 0.2) is 5.96 Å². The van der Waals surface area contributed by atoms with Crippen LogP contribution in [0.25, 0.3) is 0 Å². The fourth-order valence-corrected chi connectivity index (χ4v) is 3.26. The van der Waals surface area contributed by atoms with Gasteiger partial charge < -0.3 is 15.2 Å². The van der Waals surface area contributed by atoms with Gasteiger partial charge in [-0.05, 0) is 18.6 Å². The Morgan fingerprint density at radius 3 is 2.36 bits per heavy atom. The molecule has 2 aromatic rings. The normalized spacial score (nSPS) is 13.8. The van der Waals surface area contributed by atoms with Gasteiger partial charge in [-0.1, -0.05) is 31.1 Å². The van der Waals surface area contributed by atoms with Gasteiger partial charge in [0, 0.05) is 38.7 Å². The fourth-order valence-electron chi connectivity index (χ4n) is 3.26. The van der Waals surface area contributed by atoms with Crippen LogP contribution in [0, 0.1) is 0 Å². The molecule has 0 atom stereocenters. The van der Waals surface area contributed by atoms with Gasteiger partial charge in [0.25, 0.3) is 11.8 Å². The van der Waals surface area contributed by atoms with E-state index in [1.807, 2.05) is 13.8 Å². The summed E-state index contributed by atoms with van der Waals surface area (Å²) in [4.78, 5) is 30.2. The second kappa shape index (κ2) is 8.69. The minimum atomic E-state index is -0.255. The highest BCUT2D eigenvalue weighted by Gasteiger charge is 2.34. The summed E-state index contributed by atoms with van der Waals surface area (Å²) in [5.41, 5.74) is 2.91. The SMILES string of the molecule is CCc1noc(CC)c1CNC(=NC)NCCN1C(=O)c2ccccc2C1=O. The van der Waals surface area contributed by atoms with Crippen LogP contribution in [0.3, 0.4) is 0 Å². The topological polar surface area (TPSA) is 99.8 Å². The Kier molecular flexibility index (Phi) is 6.08. The number of carbonyl (C=O) groups is 2. The minimum Gasteiger partial charge on any atom is -0.361 e. The van der Waals surface area contributed by atoms with Crippen LogP contribution >= 0.6 is 0 Å². The maximum absolute atomic E-state index is 12.4. The van der Waals surface area contributed by atoms with E-state index in [0.717, 1.165) is 29.9 Å². The lowest BCUT2D eigenvalue weighted by Gasteiger charge is -2.16. The maximum Gasteiger partial charge on any atom is 0.261 e. The molecule has 0 radical (unpaired) electrons. The molecule has 8 nitrogen and oxygen atoms in total. The summed E-state index contributed by atoms with van der Waals surface area (Å²) in [5.74, 6) is 0.942. The molecule has 2 heterocycles. The second-order valence-electron chi connectivity index (χ2n) is 6.40. The molecule has 28 heavy (non-hydrogen) atoms. The lowest BCUT2D eigenvalue weighted by Crippen LogP contribution is -2.42. The van der Waals surface area contributed by atoms with Gasteiger partial charge >= 0.3 is 0 Å². The molecule has 1 aliphatic rings. The average Bonchev–Trinajstić information content (AvgIpc) is 3.24. The van der Waals surface area contributed by atoms with Crippen molar-refractivity contribution in [1.82, 2.24) is 20.7 Å². The second-order valence-corrected chi connectivity index (χ2v) is 6.40. The van der Waals surface area contributed by atoms with E-state index in [0.29, 0.717) is 30.2 Å². The number of fused-ring (bicyclic) bond motifs is 1. The Hall–Kier alpha value is -3.16. The van der Waals surface area contributed by atoms with Crippen LogP contribution < -0.4 is 10.6 Å².